The molecule has 0 bridgehead atoms. The van der Waals surface area contributed by atoms with Crippen LogP contribution in [0.4, 0.5) is 16.2 Å². The van der Waals surface area contributed by atoms with Gasteiger partial charge in [0, 0.05) is 5.56 Å². The Bertz CT molecular complexity index is 1490. The number of rotatable bonds is 5. The van der Waals surface area contributed by atoms with Gasteiger partial charge in [-0.3, -0.25) is 9.89 Å². The monoisotopic (exact) mass is 478 g/mol. The van der Waals surface area contributed by atoms with Crippen molar-refractivity contribution in [1.29, 1.82) is 0 Å². The van der Waals surface area contributed by atoms with Crippen LogP contribution in [0, 0.1) is 13.8 Å². The average Bonchev–Trinajstić information content (AvgIpc) is 3.08. The molecule has 0 unspecified atom stereocenters. The van der Waals surface area contributed by atoms with Gasteiger partial charge >= 0.3 is 11.7 Å². The molecule has 10 heteroatoms. The van der Waals surface area contributed by atoms with Gasteiger partial charge < -0.3 is 14.9 Å². The van der Waals surface area contributed by atoms with Crippen molar-refractivity contribution in [3.63, 3.8) is 0 Å². The van der Waals surface area contributed by atoms with Crippen LogP contribution in [0.25, 0.3) is 16.8 Å². The molecule has 172 valence electrons. The molecule has 9 nitrogen and oxygen atoms in total. The summed E-state index contributed by atoms with van der Waals surface area (Å²) in [5.74, 6) is -0.109. The van der Waals surface area contributed by atoms with Crippen molar-refractivity contribution in [2.75, 3.05) is 0 Å². The molecule has 0 saturated carbocycles. The van der Waals surface area contributed by atoms with Gasteiger partial charge in [0.05, 0.1) is 5.69 Å². The number of aryl methyl sites for hydroxylation is 2. The number of carbonyl (C=O) groups is 1. The summed E-state index contributed by atoms with van der Waals surface area (Å²) in [7, 11) is 0. The highest BCUT2D eigenvalue weighted by molar-refractivity contribution is 6.31. The third kappa shape index (κ3) is 4.55. The lowest BCUT2D eigenvalue weighted by molar-refractivity contribution is 0.144. The summed E-state index contributed by atoms with van der Waals surface area (Å²) < 4.78 is 5.94. The van der Waals surface area contributed by atoms with E-state index in [0.29, 0.717) is 16.8 Å². The quantitative estimate of drug-likeness (QED) is 0.176. The van der Waals surface area contributed by atoms with Crippen LogP contribution in [0.5, 0.6) is 11.5 Å². The molecule has 4 rings (SSSR count). The summed E-state index contributed by atoms with van der Waals surface area (Å²) in [4.78, 5) is 23.7. The molecule has 0 aliphatic rings. The average molecular weight is 479 g/mol. The second-order valence-electron chi connectivity index (χ2n) is 7.45. The Hall–Kier alpha value is -4.37. The van der Waals surface area contributed by atoms with Crippen LogP contribution >= 0.6 is 11.6 Å². The van der Waals surface area contributed by atoms with Crippen LogP contribution in [0.3, 0.4) is 0 Å². The molecule has 1 heterocycles. The lowest BCUT2D eigenvalue weighted by Crippen LogP contribution is -2.14. The van der Waals surface area contributed by atoms with Crippen LogP contribution < -0.4 is 10.3 Å². The first-order chi connectivity index (χ1) is 16.2. The lowest BCUT2D eigenvalue weighted by atomic mass is 10.0. The number of carboxylic acid groups (broad SMARTS) is 1. The van der Waals surface area contributed by atoms with Gasteiger partial charge in [0.15, 0.2) is 16.6 Å². The number of hydrogen-bond donors (Lipinski definition) is 3. The summed E-state index contributed by atoms with van der Waals surface area (Å²) in [5.41, 5.74) is 3.07. The molecule has 0 aliphatic carbocycles. The zero-order valence-electron chi connectivity index (χ0n) is 18.1. The number of halogens is 1. The van der Waals surface area contributed by atoms with Crippen molar-refractivity contribution in [2.45, 2.75) is 13.8 Å². The molecular weight excluding hydrogens is 460 g/mol. The molecule has 3 aromatic carbocycles. The predicted molar refractivity (Wildman–Crippen MR) is 127 cm³/mol. The van der Waals surface area contributed by atoms with Gasteiger partial charge in [-0.15, -0.1) is 10.2 Å². The van der Waals surface area contributed by atoms with E-state index in [9.17, 15) is 14.7 Å². The number of azo groups is 1. The number of aromatic amines is 1. The number of para-hydroxylation sites is 1. The topological polar surface area (TPSA) is 129 Å². The molecule has 1 aromatic heterocycles. The second-order valence-corrected chi connectivity index (χ2v) is 7.83. The first-order valence-corrected chi connectivity index (χ1v) is 10.5. The van der Waals surface area contributed by atoms with Crippen LogP contribution in [0.15, 0.2) is 75.7 Å². The Kier molecular flexibility index (Phi) is 6.20. The summed E-state index contributed by atoms with van der Waals surface area (Å²) in [6.07, 6.45) is -1.45. The summed E-state index contributed by atoms with van der Waals surface area (Å²) in [6.45, 7) is 3.91. The summed E-state index contributed by atoms with van der Waals surface area (Å²) >= 11 is 6.21. The van der Waals surface area contributed by atoms with E-state index < -0.39 is 11.7 Å². The largest absolute Gasteiger partial charge is 0.511 e. The van der Waals surface area contributed by atoms with Crippen LogP contribution in [0.1, 0.15) is 11.1 Å². The van der Waals surface area contributed by atoms with E-state index in [0.717, 1.165) is 11.1 Å². The van der Waals surface area contributed by atoms with Crippen molar-refractivity contribution in [3.8, 4) is 28.3 Å². The Labute approximate surface area is 198 Å². The third-order valence-electron chi connectivity index (χ3n) is 5.19. The van der Waals surface area contributed by atoms with E-state index in [1.807, 2.05) is 26.0 Å². The fourth-order valence-electron chi connectivity index (χ4n) is 3.31. The highest BCUT2D eigenvalue weighted by Gasteiger charge is 2.15. The molecular formula is C24H19ClN4O5. The highest BCUT2D eigenvalue weighted by Crippen LogP contribution is 2.39. The van der Waals surface area contributed by atoms with E-state index in [-0.39, 0.29) is 28.0 Å². The van der Waals surface area contributed by atoms with Crippen molar-refractivity contribution >= 4 is 29.1 Å². The molecule has 0 fully saturated rings. The van der Waals surface area contributed by atoms with Gasteiger partial charge in [0.25, 0.3) is 0 Å². The smallest absolute Gasteiger partial charge is 0.505 e. The zero-order chi connectivity index (χ0) is 24.4. The standard InChI is InChI=1S/C24H19ClN4O5/c1-13-9-10-16(11-14(13)2)29-23(31)20(22(25)28-29)27-26-19-8-4-7-18(21(19)30)15-5-3-6-17(12-15)34-24(32)33/h3-12,28,30H,1-2H3,(H,32,33). The Balaban J connectivity index is 1.68. The van der Waals surface area contributed by atoms with E-state index in [4.69, 9.17) is 16.7 Å². The minimum Gasteiger partial charge on any atom is -0.505 e. The minimum absolute atomic E-state index is 0.00106. The third-order valence-corrected chi connectivity index (χ3v) is 5.46. The number of benzene rings is 3. The second kappa shape index (κ2) is 9.24. The number of ether oxygens (including phenoxy) is 1. The van der Waals surface area contributed by atoms with E-state index in [1.54, 1.807) is 30.3 Å². The molecule has 4 aromatic rings. The molecule has 0 spiro atoms. The predicted octanol–water partition coefficient (Wildman–Crippen LogP) is 6.28. The summed E-state index contributed by atoms with van der Waals surface area (Å²) in [6, 6.07) is 16.5. The maximum Gasteiger partial charge on any atom is 0.511 e. The Morgan fingerprint density at radius 2 is 1.79 bits per heavy atom. The number of aromatic nitrogens is 2. The zero-order valence-corrected chi connectivity index (χ0v) is 18.9. The SMILES string of the molecule is Cc1ccc(-n2[nH]c(Cl)c(N=Nc3cccc(-c4cccc(OC(=O)O)c4)c3O)c2=O)cc1C. The van der Waals surface area contributed by atoms with Crippen molar-refractivity contribution in [1.82, 2.24) is 9.78 Å². The maximum atomic E-state index is 12.9. The maximum absolute atomic E-state index is 12.9. The number of aromatic hydroxyl groups is 1. The number of H-pyrrole nitrogens is 1. The molecule has 0 aliphatic heterocycles. The number of phenolic OH excluding ortho intramolecular Hbond substituents is 1. The lowest BCUT2D eigenvalue weighted by Gasteiger charge is -2.08. The summed E-state index contributed by atoms with van der Waals surface area (Å²) in [5, 5.41) is 30.3. The molecule has 0 amide bonds. The first-order valence-electron chi connectivity index (χ1n) is 10.1. The number of nitrogens with zero attached hydrogens (tertiary/aromatic N) is 3. The first kappa shape index (κ1) is 22.8. The highest BCUT2D eigenvalue weighted by atomic mass is 35.5. The van der Waals surface area contributed by atoms with Crippen molar-refractivity contribution in [3.05, 3.63) is 87.3 Å². The Morgan fingerprint density at radius 3 is 2.53 bits per heavy atom. The van der Waals surface area contributed by atoms with Crippen LogP contribution in [0.2, 0.25) is 5.15 Å². The van der Waals surface area contributed by atoms with E-state index >= 15 is 0 Å². The molecule has 0 radical (unpaired) electrons. The van der Waals surface area contributed by atoms with Gasteiger partial charge in [-0.2, -0.15) is 0 Å². The minimum atomic E-state index is -1.45. The van der Waals surface area contributed by atoms with Gasteiger partial charge in [-0.25, -0.2) is 9.48 Å². The molecule has 3 N–H and O–H groups in total. The fraction of sp³-hybridized carbons (Fsp3) is 0.0833. The fourth-order valence-corrected chi connectivity index (χ4v) is 3.51. The van der Waals surface area contributed by atoms with Crippen LogP contribution in [-0.2, 0) is 0 Å². The van der Waals surface area contributed by atoms with E-state index in [2.05, 4.69) is 20.1 Å². The van der Waals surface area contributed by atoms with Gasteiger partial charge in [0.1, 0.15) is 11.4 Å². The van der Waals surface area contributed by atoms with Crippen molar-refractivity contribution in [2.24, 2.45) is 10.2 Å². The number of phenols is 1. The van der Waals surface area contributed by atoms with Crippen LogP contribution in [-0.4, -0.2) is 26.1 Å². The van der Waals surface area contributed by atoms with Gasteiger partial charge in [-0.1, -0.05) is 41.9 Å². The van der Waals surface area contributed by atoms with E-state index in [1.165, 1.54) is 22.9 Å². The van der Waals surface area contributed by atoms with Gasteiger partial charge in [-0.05, 0) is 60.9 Å². The molecule has 0 saturated heterocycles. The molecule has 0 atom stereocenters. The normalized spacial score (nSPS) is 11.1. The number of nitrogens with one attached hydrogen (secondary N) is 1. The number of hydrogen-bond acceptors (Lipinski definition) is 6. The van der Waals surface area contributed by atoms with Crippen molar-refractivity contribution < 1.29 is 19.7 Å². The van der Waals surface area contributed by atoms with Gasteiger partial charge in [0.2, 0.25) is 0 Å². The molecule has 34 heavy (non-hydrogen) atoms. The Morgan fingerprint density at radius 1 is 1.03 bits per heavy atom.